The second-order valence-corrected chi connectivity index (χ2v) is 4.74. The van der Waals surface area contributed by atoms with Gasteiger partial charge in [0, 0.05) is 6.54 Å². The molecule has 2 aromatic rings. The lowest BCUT2D eigenvalue weighted by molar-refractivity contribution is -0.119. The van der Waals surface area contributed by atoms with Gasteiger partial charge in [0.05, 0.1) is 5.69 Å². The first kappa shape index (κ1) is 14.8. The molecule has 2 aromatic carbocycles. The molecule has 0 radical (unpaired) electrons. The summed E-state index contributed by atoms with van der Waals surface area (Å²) in [6.07, 6.45) is 0. The summed E-state index contributed by atoms with van der Waals surface area (Å²) in [5, 5.41) is 3.04. The van der Waals surface area contributed by atoms with Crippen LogP contribution in [0.4, 0.5) is 10.1 Å². The Labute approximate surface area is 122 Å². The Hall–Kier alpha value is -2.56. The summed E-state index contributed by atoms with van der Waals surface area (Å²) in [6.45, 7) is 2.19. The number of nitrogens with one attached hydrogen (secondary N) is 1. The highest BCUT2D eigenvalue weighted by Crippen LogP contribution is 2.17. The SMILES string of the molecule is Cc1ccc(NCc2ccc(OCC(N)=O)cc2)c(F)c1. The minimum atomic E-state index is -0.518. The van der Waals surface area contributed by atoms with Gasteiger partial charge in [-0.1, -0.05) is 18.2 Å². The van der Waals surface area contributed by atoms with Gasteiger partial charge in [0.2, 0.25) is 0 Å². The van der Waals surface area contributed by atoms with Gasteiger partial charge in [-0.25, -0.2) is 4.39 Å². The van der Waals surface area contributed by atoms with Crippen LogP contribution in [-0.2, 0) is 11.3 Å². The average molecular weight is 288 g/mol. The predicted molar refractivity (Wildman–Crippen MR) is 79.6 cm³/mol. The second-order valence-electron chi connectivity index (χ2n) is 4.74. The highest BCUT2D eigenvalue weighted by molar-refractivity contribution is 5.75. The molecule has 4 nitrogen and oxygen atoms in total. The monoisotopic (exact) mass is 288 g/mol. The molecule has 1 amide bonds. The predicted octanol–water partition coefficient (Wildman–Crippen LogP) is 2.61. The van der Waals surface area contributed by atoms with Crippen LogP contribution in [0.2, 0.25) is 0 Å². The maximum absolute atomic E-state index is 13.7. The van der Waals surface area contributed by atoms with Crippen molar-refractivity contribution >= 4 is 11.6 Å². The molecule has 0 unspecified atom stereocenters. The molecule has 0 fully saturated rings. The smallest absolute Gasteiger partial charge is 0.255 e. The standard InChI is InChI=1S/C16H17FN2O2/c1-11-2-7-15(14(17)8-11)19-9-12-3-5-13(6-4-12)21-10-16(18)20/h2-8,19H,9-10H2,1H3,(H2,18,20). The van der Waals surface area contributed by atoms with Crippen molar-refractivity contribution in [1.82, 2.24) is 0 Å². The van der Waals surface area contributed by atoms with E-state index in [1.54, 1.807) is 18.2 Å². The van der Waals surface area contributed by atoms with Crippen molar-refractivity contribution < 1.29 is 13.9 Å². The Balaban J connectivity index is 1.92. The first-order chi connectivity index (χ1) is 10.0. The topological polar surface area (TPSA) is 64.3 Å². The van der Waals surface area contributed by atoms with Crippen LogP contribution >= 0.6 is 0 Å². The molecule has 0 saturated heterocycles. The zero-order chi connectivity index (χ0) is 15.2. The van der Waals surface area contributed by atoms with E-state index in [4.69, 9.17) is 10.5 Å². The quantitative estimate of drug-likeness (QED) is 0.858. The largest absolute Gasteiger partial charge is 0.484 e. The maximum atomic E-state index is 13.7. The number of halogens is 1. The van der Waals surface area contributed by atoms with E-state index in [1.165, 1.54) is 6.07 Å². The summed E-state index contributed by atoms with van der Waals surface area (Å²) < 4.78 is 18.8. The number of primary amides is 1. The lowest BCUT2D eigenvalue weighted by Gasteiger charge is -2.09. The van der Waals surface area contributed by atoms with Gasteiger partial charge in [-0.2, -0.15) is 0 Å². The minimum Gasteiger partial charge on any atom is -0.484 e. The Morgan fingerprint density at radius 3 is 2.57 bits per heavy atom. The van der Waals surface area contributed by atoms with Gasteiger partial charge in [0.25, 0.3) is 5.91 Å². The molecule has 0 aromatic heterocycles. The van der Waals surface area contributed by atoms with Gasteiger partial charge >= 0.3 is 0 Å². The van der Waals surface area contributed by atoms with Crippen molar-refractivity contribution in [2.45, 2.75) is 13.5 Å². The number of nitrogens with two attached hydrogens (primary N) is 1. The third-order valence-electron chi connectivity index (χ3n) is 2.91. The number of ether oxygens (including phenoxy) is 1. The Bertz CT molecular complexity index is 627. The molecule has 0 spiro atoms. The summed E-state index contributed by atoms with van der Waals surface area (Å²) >= 11 is 0. The molecular weight excluding hydrogens is 271 g/mol. The van der Waals surface area contributed by atoms with Crippen LogP contribution in [0.15, 0.2) is 42.5 Å². The summed E-state index contributed by atoms with van der Waals surface area (Å²) in [4.78, 5) is 10.6. The summed E-state index contributed by atoms with van der Waals surface area (Å²) in [5.41, 5.74) is 7.32. The number of benzene rings is 2. The molecule has 2 rings (SSSR count). The van der Waals surface area contributed by atoms with Crippen molar-refractivity contribution in [1.29, 1.82) is 0 Å². The first-order valence-electron chi connectivity index (χ1n) is 6.54. The number of hydrogen-bond acceptors (Lipinski definition) is 3. The summed E-state index contributed by atoms with van der Waals surface area (Å²) in [6, 6.07) is 12.2. The van der Waals surface area contributed by atoms with E-state index in [9.17, 15) is 9.18 Å². The molecule has 0 aliphatic heterocycles. The van der Waals surface area contributed by atoms with Crippen molar-refractivity contribution in [3.8, 4) is 5.75 Å². The van der Waals surface area contributed by atoms with Gasteiger partial charge in [-0.05, 0) is 42.3 Å². The second kappa shape index (κ2) is 6.74. The van der Waals surface area contributed by atoms with Crippen LogP contribution in [0.25, 0.3) is 0 Å². The van der Waals surface area contributed by atoms with Crippen molar-refractivity contribution in [3.63, 3.8) is 0 Å². The van der Waals surface area contributed by atoms with Crippen LogP contribution in [0.1, 0.15) is 11.1 Å². The average Bonchev–Trinajstić information content (AvgIpc) is 2.45. The number of amides is 1. The molecule has 0 aliphatic rings. The van der Waals surface area contributed by atoms with E-state index >= 15 is 0 Å². The number of carbonyl (C=O) groups excluding carboxylic acids is 1. The highest BCUT2D eigenvalue weighted by atomic mass is 19.1. The van der Waals surface area contributed by atoms with E-state index < -0.39 is 5.91 Å². The molecule has 21 heavy (non-hydrogen) atoms. The third kappa shape index (κ3) is 4.49. The van der Waals surface area contributed by atoms with E-state index in [-0.39, 0.29) is 12.4 Å². The molecule has 110 valence electrons. The lowest BCUT2D eigenvalue weighted by Crippen LogP contribution is -2.19. The number of anilines is 1. The van der Waals surface area contributed by atoms with Crippen LogP contribution in [-0.4, -0.2) is 12.5 Å². The van der Waals surface area contributed by atoms with Crippen molar-refractivity contribution in [3.05, 3.63) is 59.4 Å². The fourth-order valence-corrected chi connectivity index (χ4v) is 1.82. The van der Waals surface area contributed by atoms with Crippen LogP contribution in [0, 0.1) is 12.7 Å². The molecule has 0 aliphatic carbocycles. The van der Waals surface area contributed by atoms with Crippen molar-refractivity contribution in [2.75, 3.05) is 11.9 Å². The van der Waals surface area contributed by atoms with Gasteiger partial charge in [-0.15, -0.1) is 0 Å². The van der Waals surface area contributed by atoms with Crippen molar-refractivity contribution in [2.24, 2.45) is 5.73 Å². The summed E-state index contributed by atoms with van der Waals surface area (Å²) in [5.74, 6) is -0.217. The number of aryl methyl sites for hydroxylation is 1. The molecule has 0 atom stereocenters. The molecule has 0 bridgehead atoms. The zero-order valence-electron chi connectivity index (χ0n) is 11.7. The fraction of sp³-hybridized carbons (Fsp3) is 0.188. The fourth-order valence-electron chi connectivity index (χ4n) is 1.82. The third-order valence-corrected chi connectivity index (χ3v) is 2.91. The van der Waals surface area contributed by atoms with Crippen LogP contribution in [0.5, 0.6) is 5.75 Å². The molecule has 3 N–H and O–H groups in total. The molecule has 5 heteroatoms. The molecule has 0 heterocycles. The zero-order valence-corrected chi connectivity index (χ0v) is 11.7. The Morgan fingerprint density at radius 1 is 1.24 bits per heavy atom. The van der Waals surface area contributed by atoms with Gasteiger partial charge < -0.3 is 15.8 Å². The van der Waals surface area contributed by atoms with E-state index in [1.807, 2.05) is 25.1 Å². The maximum Gasteiger partial charge on any atom is 0.255 e. The van der Waals surface area contributed by atoms with Gasteiger partial charge in [-0.3, -0.25) is 4.79 Å². The van der Waals surface area contributed by atoms with E-state index in [0.717, 1.165) is 11.1 Å². The molecule has 0 saturated carbocycles. The summed E-state index contributed by atoms with van der Waals surface area (Å²) in [7, 11) is 0. The van der Waals surface area contributed by atoms with Crippen LogP contribution < -0.4 is 15.8 Å². The molecular formula is C16H17FN2O2. The van der Waals surface area contributed by atoms with E-state index in [0.29, 0.717) is 18.0 Å². The Morgan fingerprint density at radius 2 is 1.95 bits per heavy atom. The number of rotatable bonds is 6. The van der Waals surface area contributed by atoms with Gasteiger partial charge in [0.1, 0.15) is 11.6 Å². The first-order valence-corrected chi connectivity index (χ1v) is 6.54. The van der Waals surface area contributed by atoms with Crippen LogP contribution in [0.3, 0.4) is 0 Å². The van der Waals surface area contributed by atoms with Gasteiger partial charge in [0.15, 0.2) is 6.61 Å². The normalized spacial score (nSPS) is 10.2. The number of hydrogen-bond donors (Lipinski definition) is 2. The minimum absolute atomic E-state index is 0.147. The lowest BCUT2D eigenvalue weighted by atomic mass is 10.2. The highest BCUT2D eigenvalue weighted by Gasteiger charge is 2.02. The van der Waals surface area contributed by atoms with E-state index in [2.05, 4.69) is 5.32 Å². The number of carbonyl (C=O) groups is 1. The Kier molecular flexibility index (Phi) is 4.77.